The van der Waals surface area contributed by atoms with Crippen molar-refractivity contribution in [2.24, 2.45) is 0 Å². The summed E-state index contributed by atoms with van der Waals surface area (Å²) in [6, 6.07) is 19.1. The van der Waals surface area contributed by atoms with Gasteiger partial charge in [0.05, 0.1) is 11.1 Å². The Morgan fingerprint density at radius 1 is 1.03 bits per heavy atom. The number of anilines is 1. The molecule has 3 heterocycles. The zero-order valence-electron chi connectivity index (χ0n) is 21.0. The molecule has 1 N–H and O–H groups in total. The fraction of sp³-hybridized carbons (Fsp3) is 0.310. The number of benzene rings is 2. The third-order valence-corrected chi connectivity index (χ3v) is 7.05. The van der Waals surface area contributed by atoms with Crippen molar-refractivity contribution < 1.29 is 9.52 Å². The average Bonchev–Trinajstić information content (AvgIpc) is 2.91. The summed E-state index contributed by atoms with van der Waals surface area (Å²) in [5.74, 6) is 0.425. The summed E-state index contributed by atoms with van der Waals surface area (Å²) in [4.78, 5) is 27.0. The Morgan fingerprint density at radius 3 is 2.49 bits per heavy atom. The van der Waals surface area contributed by atoms with Gasteiger partial charge in [-0.2, -0.15) is 9.83 Å². The number of carbonyl (C=O) groups is 1. The van der Waals surface area contributed by atoms with Crippen LogP contribution in [-0.4, -0.2) is 40.2 Å². The first kappa shape index (κ1) is 24.6. The van der Waals surface area contributed by atoms with Crippen LogP contribution < -0.4 is 15.6 Å². The Morgan fingerprint density at radius 2 is 1.76 bits per heavy atom. The number of likely N-dealkylation sites (tertiary alicyclic amines) is 1. The van der Waals surface area contributed by atoms with Crippen molar-refractivity contribution in [1.29, 1.82) is 0 Å². The molecule has 1 amide bonds. The van der Waals surface area contributed by atoms with Gasteiger partial charge in [0, 0.05) is 42.2 Å². The van der Waals surface area contributed by atoms with E-state index in [-0.39, 0.29) is 11.5 Å². The van der Waals surface area contributed by atoms with E-state index in [1.54, 1.807) is 16.8 Å². The summed E-state index contributed by atoms with van der Waals surface area (Å²) >= 11 is 0. The molecule has 5 rings (SSSR count). The summed E-state index contributed by atoms with van der Waals surface area (Å²) in [7, 11) is 0. The average molecular weight is 498 g/mol. The number of piperidine rings is 1. The van der Waals surface area contributed by atoms with E-state index in [1.165, 1.54) is 24.9 Å². The first-order chi connectivity index (χ1) is 18.0. The van der Waals surface area contributed by atoms with Gasteiger partial charge >= 0.3 is 0 Å². The zero-order valence-corrected chi connectivity index (χ0v) is 21.0. The predicted molar refractivity (Wildman–Crippen MR) is 144 cm³/mol. The van der Waals surface area contributed by atoms with Crippen molar-refractivity contribution in [3.8, 4) is 11.3 Å². The Labute approximate surface area is 215 Å². The minimum absolute atomic E-state index is 0.0570. The highest BCUT2D eigenvalue weighted by Crippen LogP contribution is 2.30. The van der Waals surface area contributed by atoms with Crippen LogP contribution >= 0.6 is 0 Å². The van der Waals surface area contributed by atoms with Crippen LogP contribution in [-0.2, 0) is 11.3 Å². The van der Waals surface area contributed by atoms with E-state index < -0.39 is 0 Å². The second-order valence-electron chi connectivity index (χ2n) is 9.65. The highest BCUT2D eigenvalue weighted by molar-refractivity contribution is 5.93. The van der Waals surface area contributed by atoms with Gasteiger partial charge in [-0.1, -0.05) is 30.3 Å². The molecule has 1 saturated heterocycles. The third kappa shape index (κ3) is 5.70. The van der Waals surface area contributed by atoms with Crippen LogP contribution in [0, 0.1) is 5.21 Å². The second-order valence-corrected chi connectivity index (χ2v) is 9.65. The fourth-order valence-corrected chi connectivity index (χ4v) is 5.18. The Bertz CT molecular complexity index is 1460. The van der Waals surface area contributed by atoms with E-state index in [0.29, 0.717) is 23.5 Å². The number of rotatable bonds is 7. The van der Waals surface area contributed by atoms with Gasteiger partial charge in [0.15, 0.2) is 12.4 Å². The number of amides is 1. The largest absolute Gasteiger partial charge is 0.619 e. The maximum absolute atomic E-state index is 13.1. The molecule has 0 unspecified atom stereocenters. The highest BCUT2D eigenvalue weighted by atomic mass is 16.5. The van der Waals surface area contributed by atoms with Crippen molar-refractivity contribution in [3.05, 3.63) is 94.2 Å². The smallest absolute Gasteiger partial charge is 0.274 e. The molecule has 37 heavy (non-hydrogen) atoms. The fourth-order valence-electron chi connectivity index (χ4n) is 5.18. The molecule has 0 radical (unpaired) electrons. The van der Waals surface area contributed by atoms with Crippen LogP contribution in [0.4, 0.5) is 5.69 Å². The van der Waals surface area contributed by atoms with Crippen molar-refractivity contribution in [1.82, 2.24) is 14.7 Å². The van der Waals surface area contributed by atoms with Crippen LogP contribution in [0.2, 0.25) is 0 Å². The van der Waals surface area contributed by atoms with Gasteiger partial charge in [0.25, 0.3) is 5.56 Å². The van der Waals surface area contributed by atoms with Crippen molar-refractivity contribution >= 4 is 22.4 Å². The van der Waals surface area contributed by atoms with Gasteiger partial charge in [-0.25, -0.2) is 4.68 Å². The van der Waals surface area contributed by atoms with Crippen LogP contribution in [0.3, 0.4) is 0 Å². The molecular weight excluding hydrogens is 466 g/mol. The lowest BCUT2D eigenvalue weighted by Gasteiger charge is -2.32. The first-order valence-corrected chi connectivity index (χ1v) is 12.8. The van der Waals surface area contributed by atoms with Crippen LogP contribution in [0.15, 0.2) is 77.9 Å². The second kappa shape index (κ2) is 10.9. The molecule has 1 aliphatic heterocycles. The van der Waals surface area contributed by atoms with Crippen molar-refractivity contribution in [3.63, 3.8) is 0 Å². The Kier molecular flexibility index (Phi) is 7.28. The molecular formula is C29H31N5O3. The number of aryl methyl sites for hydroxylation is 1. The molecule has 190 valence electrons. The van der Waals surface area contributed by atoms with E-state index in [4.69, 9.17) is 5.10 Å². The summed E-state index contributed by atoms with van der Waals surface area (Å²) in [6.07, 6.45) is 5.84. The zero-order chi connectivity index (χ0) is 25.8. The number of aromatic nitrogens is 3. The molecule has 0 bridgehead atoms. The SMILES string of the molecule is CC(=O)Nc1cccc(C2CCN(CCCn3nc(-c4cc[n+]([O-])cc4)c4ccccc4c3=O)CC2)c1. The van der Waals surface area contributed by atoms with E-state index >= 15 is 0 Å². The molecule has 1 aliphatic rings. The Hall–Kier alpha value is -4.04. The summed E-state index contributed by atoms with van der Waals surface area (Å²) < 4.78 is 2.31. The van der Waals surface area contributed by atoms with Gasteiger partial charge in [0.2, 0.25) is 5.91 Å². The molecule has 0 spiro atoms. The lowest BCUT2D eigenvalue weighted by molar-refractivity contribution is -0.605. The van der Waals surface area contributed by atoms with Crippen LogP contribution in [0.25, 0.3) is 22.0 Å². The molecule has 2 aromatic heterocycles. The number of pyridine rings is 1. The molecule has 8 heteroatoms. The molecule has 2 aromatic carbocycles. The lowest BCUT2D eigenvalue weighted by atomic mass is 9.89. The van der Waals surface area contributed by atoms with Crippen molar-refractivity contribution in [2.45, 2.75) is 38.6 Å². The predicted octanol–water partition coefficient (Wildman–Crippen LogP) is 3.93. The molecule has 8 nitrogen and oxygen atoms in total. The number of carbonyl (C=O) groups excluding carboxylic acids is 1. The topological polar surface area (TPSA) is 94.2 Å². The standard InChI is InChI=1S/C29H31N5O3/c1-21(35)30-25-7-4-6-24(20-25)22-10-16-32(17-11-22)14-5-15-34-29(36)27-9-3-2-8-26(27)28(31-34)23-12-18-33(37)19-13-23/h2-4,6-9,12-13,18-20,22H,5,10-11,14-17H2,1H3,(H,30,35). The van der Waals surface area contributed by atoms with Crippen molar-refractivity contribution in [2.75, 3.05) is 25.0 Å². The number of fused-ring (bicyclic) bond motifs is 1. The minimum Gasteiger partial charge on any atom is -0.619 e. The summed E-state index contributed by atoms with van der Waals surface area (Å²) in [6.45, 7) is 4.96. The van der Waals surface area contributed by atoms with Crippen LogP contribution in [0.1, 0.15) is 37.7 Å². The molecule has 0 saturated carbocycles. The Balaban J connectivity index is 1.23. The quantitative estimate of drug-likeness (QED) is 0.309. The molecule has 1 fully saturated rings. The van der Waals surface area contributed by atoms with Gasteiger partial charge < -0.3 is 15.4 Å². The number of nitrogens with one attached hydrogen (secondary N) is 1. The third-order valence-electron chi connectivity index (χ3n) is 7.05. The van der Waals surface area contributed by atoms with E-state index in [2.05, 4.69) is 22.3 Å². The highest BCUT2D eigenvalue weighted by Gasteiger charge is 2.21. The molecule has 0 atom stereocenters. The summed E-state index contributed by atoms with van der Waals surface area (Å²) in [5, 5.41) is 20.5. The van der Waals surface area contributed by atoms with Gasteiger partial charge in [-0.15, -0.1) is 0 Å². The monoisotopic (exact) mass is 497 g/mol. The van der Waals surface area contributed by atoms with Gasteiger partial charge in [-0.3, -0.25) is 9.59 Å². The lowest BCUT2D eigenvalue weighted by Crippen LogP contribution is -2.34. The molecule has 4 aromatic rings. The normalized spacial score (nSPS) is 14.6. The summed E-state index contributed by atoms with van der Waals surface area (Å²) in [5.41, 5.74) is 3.54. The van der Waals surface area contributed by atoms with Crippen LogP contribution in [0.5, 0.6) is 0 Å². The molecule has 0 aliphatic carbocycles. The maximum Gasteiger partial charge on any atom is 0.274 e. The first-order valence-electron chi connectivity index (χ1n) is 12.8. The number of hydrogen-bond acceptors (Lipinski definition) is 5. The van der Waals surface area contributed by atoms with E-state index in [0.717, 1.165) is 60.3 Å². The number of hydrogen-bond donors (Lipinski definition) is 1. The van der Waals surface area contributed by atoms with E-state index in [1.807, 2.05) is 36.4 Å². The number of nitrogens with zero attached hydrogens (tertiary/aromatic N) is 4. The van der Waals surface area contributed by atoms with Gasteiger partial charge in [0.1, 0.15) is 0 Å². The van der Waals surface area contributed by atoms with Gasteiger partial charge in [-0.05, 0) is 68.6 Å². The maximum atomic E-state index is 13.1. The van der Waals surface area contributed by atoms with E-state index in [9.17, 15) is 14.8 Å². The minimum atomic E-state index is -0.0908.